The normalized spacial score (nSPS) is 24.3. The number of rotatable bonds is 6. The van der Waals surface area contributed by atoms with Gasteiger partial charge in [0.15, 0.2) is 6.61 Å². The Morgan fingerprint density at radius 3 is 2.52 bits per heavy atom. The van der Waals surface area contributed by atoms with E-state index in [2.05, 4.69) is 12.2 Å². The van der Waals surface area contributed by atoms with Gasteiger partial charge in [0.25, 0.3) is 5.91 Å². The van der Waals surface area contributed by atoms with Gasteiger partial charge in [-0.05, 0) is 43.0 Å². The molecule has 0 spiro atoms. The molecule has 2 atom stereocenters. The second kappa shape index (κ2) is 9.03. The van der Waals surface area contributed by atoms with E-state index in [-0.39, 0.29) is 23.5 Å². The van der Waals surface area contributed by atoms with E-state index in [0.29, 0.717) is 38.0 Å². The highest BCUT2D eigenvalue weighted by molar-refractivity contribution is 7.89. The Balaban J connectivity index is 1.52. The SMILES string of the molecule is C[C@H]1CCCC[C@H]1NC(=O)COc1ccc(S(=O)(=O)N2CCOCC2)cc1. The molecule has 1 N–H and O–H groups in total. The molecular formula is C19H28N2O5S. The number of amides is 1. The third-order valence-corrected chi connectivity index (χ3v) is 7.17. The fraction of sp³-hybridized carbons (Fsp3) is 0.632. The third kappa shape index (κ3) is 5.21. The molecule has 0 aromatic heterocycles. The summed E-state index contributed by atoms with van der Waals surface area (Å²) in [6.07, 6.45) is 4.53. The third-order valence-electron chi connectivity index (χ3n) is 5.26. The maximum Gasteiger partial charge on any atom is 0.258 e. The lowest BCUT2D eigenvalue weighted by atomic mass is 9.86. The average Bonchev–Trinajstić information content (AvgIpc) is 2.69. The van der Waals surface area contributed by atoms with Crippen molar-refractivity contribution in [3.05, 3.63) is 24.3 Å². The Morgan fingerprint density at radius 2 is 1.85 bits per heavy atom. The molecule has 0 bridgehead atoms. The minimum Gasteiger partial charge on any atom is -0.484 e. The van der Waals surface area contributed by atoms with Gasteiger partial charge < -0.3 is 14.8 Å². The Labute approximate surface area is 161 Å². The van der Waals surface area contributed by atoms with Crippen LogP contribution in [-0.2, 0) is 19.6 Å². The number of benzene rings is 1. The highest BCUT2D eigenvalue weighted by atomic mass is 32.2. The first-order chi connectivity index (χ1) is 13.0. The monoisotopic (exact) mass is 396 g/mol. The lowest BCUT2D eigenvalue weighted by molar-refractivity contribution is -0.124. The standard InChI is InChI=1S/C19H28N2O5S/c1-15-4-2-3-5-18(15)20-19(22)14-26-16-6-8-17(9-7-16)27(23,24)21-10-12-25-13-11-21/h6-9,15,18H,2-5,10-14H2,1H3,(H,20,22)/t15-,18+/m0/s1. The Bertz CT molecular complexity index is 729. The summed E-state index contributed by atoms with van der Waals surface area (Å²) in [5.41, 5.74) is 0. The van der Waals surface area contributed by atoms with Crippen LogP contribution in [0.15, 0.2) is 29.2 Å². The van der Waals surface area contributed by atoms with Crippen molar-refractivity contribution in [2.45, 2.75) is 43.5 Å². The van der Waals surface area contributed by atoms with Crippen molar-refractivity contribution in [2.75, 3.05) is 32.9 Å². The molecule has 1 aliphatic carbocycles. The van der Waals surface area contributed by atoms with Gasteiger partial charge in [-0.1, -0.05) is 19.8 Å². The van der Waals surface area contributed by atoms with E-state index in [1.165, 1.54) is 22.9 Å². The zero-order valence-corrected chi connectivity index (χ0v) is 16.5. The van der Waals surface area contributed by atoms with Gasteiger partial charge in [-0.15, -0.1) is 0 Å². The van der Waals surface area contributed by atoms with Gasteiger partial charge in [0.1, 0.15) is 5.75 Å². The van der Waals surface area contributed by atoms with E-state index in [1.54, 1.807) is 12.1 Å². The first-order valence-electron chi connectivity index (χ1n) is 9.57. The van der Waals surface area contributed by atoms with Crippen molar-refractivity contribution < 1.29 is 22.7 Å². The van der Waals surface area contributed by atoms with Crippen molar-refractivity contribution in [1.29, 1.82) is 0 Å². The molecule has 8 heteroatoms. The predicted octanol–water partition coefficient (Wildman–Crippen LogP) is 1.78. The molecule has 1 aliphatic heterocycles. The number of nitrogens with one attached hydrogen (secondary N) is 1. The molecule has 1 aromatic carbocycles. The van der Waals surface area contributed by atoms with Gasteiger partial charge in [-0.2, -0.15) is 4.31 Å². The maximum atomic E-state index is 12.6. The van der Waals surface area contributed by atoms with Crippen LogP contribution >= 0.6 is 0 Å². The van der Waals surface area contributed by atoms with Gasteiger partial charge in [0, 0.05) is 19.1 Å². The Hall–Kier alpha value is -1.64. The number of hydrogen-bond acceptors (Lipinski definition) is 5. The summed E-state index contributed by atoms with van der Waals surface area (Å²) in [4.78, 5) is 12.3. The average molecular weight is 397 g/mol. The number of ether oxygens (including phenoxy) is 2. The summed E-state index contributed by atoms with van der Waals surface area (Å²) in [6.45, 7) is 3.64. The quantitative estimate of drug-likeness (QED) is 0.792. The molecule has 1 heterocycles. The highest BCUT2D eigenvalue weighted by Gasteiger charge is 2.26. The lowest BCUT2D eigenvalue weighted by Gasteiger charge is -2.29. The van der Waals surface area contributed by atoms with Crippen LogP contribution in [0.25, 0.3) is 0 Å². The molecule has 1 aromatic rings. The van der Waals surface area contributed by atoms with E-state index in [9.17, 15) is 13.2 Å². The predicted molar refractivity (Wildman–Crippen MR) is 101 cm³/mol. The van der Waals surface area contributed by atoms with Crippen molar-refractivity contribution in [1.82, 2.24) is 9.62 Å². The van der Waals surface area contributed by atoms with Crippen molar-refractivity contribution >= 4 is 15.9 Å². The summed E-state index contributed by atoms with van der Waals surface area (Å²) in [5, 5.41) is 3.04. The lowest BCUT2D eigenvalue weighted by Crippen LogP contribution is -2.43. The molecule has 7 nitrogen and oxygen atoms in total. The number of hydrogen-bond donors (Lipinski definition) is 1. The first-order valence-corrected chi connectivity index (χ1v) is 11.0. The molecule has 1 amide bonds. The molecule has 3 rings (SSSR count). The van der Waals surface area contributed by atoms with Crippen LogP contribution in [0.3, 0.4) is 0 Å². The van der Waals surface area contributed by atoms with Crippen LogP contribution in [0.1, 0.15) is 32.6 Å². The Kier molecular flexibility index (Phi) is 6.73. The van der Waals surface area contributed by atoms with Crippen LogP contribution in [0.5, 0.6) is 5.75 Å². The molecule has 0 radical (unpaired) electrons. The molecule has 0 unspecified atom stereocenters. The van der Waals surface area contributed by atoms with E-state index >= 15 is 0 Å². The fourth-order valence-electron chi connectivity index (χ4n) is 3.57. The molecule has 2 aliphatic rings. The largest absolute Gasteiger partial charge is 0.484 e. The van der Waals surface area contributed by atoms with Crippen LogP contribution in [0.4, 0.5) is 0 Å². The molecular weight excluding hydrogens is 368 g/mol. The van der Waals surface area contributed by atoms with Gasteiger partial charge >= 0.3 is 0 Å². The van der Waals surface area contributed by atoms with Crippen molar-refractivity contribution in [3.63, 3.8) is 0 Å². The van der Waals surface area contributed by atoms with E-state index < -0.39 is 10.0 Å². The zero-order chi connectivity index (χ0) is 19.3. The van der Waals surface area contributed by atoms with Crippen LogP contribution in [0, 0.1) is 5.92 Å². The summed E-state index contributed by atoms with van der Waals surface area (Å²) >= 11 is 0. The summed E-state index contributed by atoms with van der Waals surface area (Å²) in [7, 11) is -3.52. The molecule has 27 heavy (non-hydrogen) atoms. The molecule has 1 saturated heterocycles. The topological polar surface area (TPSA) is 84.9 Å². The second-order valence-corrected chi connectivity index (χ2v) is 9.15. The van der Waals surface area contributed by atoms with Gasteiger partial charge in [-0.3, -0.25) is 4.79 Å². The number of carbonyl (C=O) groups excluding carboxylic acids is 1. The fourth-order valence-corrected chi connectivity index (χ4v) is 4.98. The maximum absolute atomic E-state index is 12.6. The zero-order valence-electron chi connectivity index (χ0n) is 15.7. The smallest absolute Gasteiger partial charge is 0.258 e. The summed E-state index contributed by atoms with van der Waals surface area (Å²) < 4.78 is 37.3. The number of sulfonamides is 1. The first kappa shape index (κ1) is 20.1. The molecule has 150 valence electrons. The van der Waals surface area contributed by atoms with Crippen LogP contribution in [0.2, 0.25) is 0 Å². The van der Waals surface area contributed by atoms with Crippen molar-refractivity contribution in [3.8, 4) is 5.75 Å². The minimum atomic E-state index is -3.52. The van der Waals surface area contributed by atoms with E-state index in [4.69, 9.17) is 9.47 Å². The highest BCUT2D eigenvalue weighted by Crippen LogP contribution is 2.24. The minimum absolute atomic E-state index is 0.0707. The van der Waals surface area contributed by atoms with Crippen LogP contribution < -0.4 is 10.1 Å². The van der Waals surface area contributed by atoms with Gasteiger partial charge in [-0.25, -0.2) is 8.42 Å². The number of nitrogens with zero attached hydrogens (tertiary/aromatic N) is 1. The number of morpholine rings is 1. The van der Waals surface area contributed by atoms with Gasteiger partial charge in [0.05, 0.1) is 18.1 Å². The molecule has 2 fully saturated rings. The van der Waals surface area contributed by atoms with E-state index in [0.717, 1.165) is 19.3 Å². The van der Waals surface area contributed by atoms with Crippen molar-refractivity contribution in [2.24, 2.45) is 5.92 Å². The number of carbonyl (C=O) groups is 1. The summed E-state index contributed by atoms with van der Waals surface area (Å²) in [5.74, 6) is 0.828. The Morgan fingerprint density at radius 1 is 1.19 bits per heavy atom. The van der Waals surface area contributed by atoms with Gasteiger partial charge in [0.2, 0.25) is 10.0 Å². The van der Waals surface area contributed by atoms with E-state index in [1.807, 2.05) is 0 Å². The van der Waals surface area contributed by atoms with Crippen LogP contribution in [-0.4, -0.2) is 57.6 Å². The second-order valence-electron chi connectivity index (χ2n) is 7.21. The molecule has 1 saturated carbocycles. The summed E-state index contributed by atoms with van der Waals surface area (Å²) in [6, 6.07) is 6.42.